The van der Waals surface area contributed by atoms with Gasteiger partial charge in [-0.15, -0.1) is 10.2 Å². The number of nitrogens with two attached hydrogens (primary N) is 1. The number of carbonyl (C=O) groups is 2. The highest BCUT2D eigenvalue weighted by Crippen LogP contribution is 2.32. The SMILES string of the molecule is Nc1nnc(NC(=O)N2CCC(C3CCCCN3C(=O)c3ccccc3)C2)cc1OCCc1c(Cl)ccc(F)c1Cl. The Morgan fingerprint density at radius 2 is 1.88 bits per heavy atom. The molecule has 2 aliphatic rings. The maximum Gasteiger partial charge on any atom is 0.323 e. The maximum atomic E-state index is 13.8. The number of rotatable bonds is 7. The van der Waals surface area contributed by atoms with E-state index >= 15 is 0 Å². The van der Waals surface area contributed by atoms with Crippen molar-refractivity contribution < 1.29 is 18.7 Å². The third-order valence-corrected chi connectivity index (χ3v) is 8.42. The van der Waals surface area contributed by atoms with Crippen molar-refractivity contribution in [3.05, 3.63) is 75.5 Å². The quantitative estimate of drug-likeness (QED) is 0.337. The highest BCUT2D eigenvalue weighted by Gasteiger charge is 2.38. The molecule has 3 amide bonds. The van der Waals surface area contributed by atoms with Crippen molar-refractivity contribution in [2.45, 2.75) is 38.1 Å². The largest absolute Gasteiger partial charge is 0.489 e. The third kappa shape index (κ3) is 6.65. The number of benzene rings is 2. The summed E-state index contributed by atoms with van der Waals surface area (Å²) in [4.78, 5) is 30.1. The third-order valence-electron chi connectivity index (χ3n) is 7.66. The first kappa shape index (κ1) is 28.9. The van der Waals surface area contributed by atoms with Crippen LogP contribution in [0.4, 0.5) is 20.8 Å². The molecule has 5 rings (SSSR count). The van der Waals surface area contributed by atoms with Crippen LogP contribution in [0, 0.1) is 11.7 Å². The number of anilines is 2. The monoisotopic (exact) mass is 600 g/mol. The van der Waals surface area contributed by atoms with Crippen LogP contribution in [-0.2, 0) is 6.42 Å². The minimum Gasteiger partial charge on any atom is -0.489 e. The summed E-state index contributed by atoms with van der Waals surface area (Å²) in [6.45, 7) is 1.93. The summed E-state index contributed by atoms with van der Waals surface area (Å²) in [6, 6.07) is 13.2. The van der Waals surface area contributed by atoms with Crippen LogP contribution in [-0.4, -0.2) is 64.2 Å². The summed E-state index contributed by atoms with van der Waals surface area (Å²) in [7, 11) is 0. The molecule has 2 aromatic carbocycles. The normalized spacial score (nSPS) is 18.8. The lowest BCUT2D eigenvalue weighted by Crippen LogP contribution is -2.48. The zero-order valence-corrected chi connectivity index (χ0v) is 23.9. The number of ether oxygens (including phenoxy) is 1. The summed E-state index contributed by atoms with van der Waals surface area (Å²) in [5.41, 5.74) is 7.03. The van der Waals surface area contributed by atoms with Crippen LogP contribution in [0.5, 0.6) is 5.75 Å². The second-order valence-corrected chi connectivity index (χ2v) is 11.0. The molecule has 3 aromatic rings. The molecule has 0 spiro atoms. The van der Waals surface area contributed by atoms with Crippen molar-refractivity contribution in [2.24, 2.45) is 5.92 Å². The van der Waals surface area contributed by atoms with Gasteiger partial charge in [-0.3, -0.25) is 10.1 Å². The molecule has 12 heteroatoms. The molecular formula is C29H31Cl2FN6O3. The van der Waals surface area contributed by atoms with Gasteiger partial charge in [0.15, 0.2) is 17.4 Å². The molecule has 2 fully saturated rings. The van der Waals surface area contributed by atoms with Gasteiger partial charge in [0.1, 0.15) is 5.82 Å². The Morgan fingerprint density at radius 1 is 1.07 bits per heavy atom. The van der Waals surface area contributed by atoms with Crippen molar-refractivity contribution in [1.29, 1.82) is 0 Å². The Bertz CT molecular complexity index is 1410. The molecule has 9 nitrogen and oxygen atoms in total. The van der Waals surface area contributed by atoms with Crippen LogP contribution >= 0.6 is 23.2 Å². The average Bonchev–Trinajstić information content (AvgIpc) is 3.49. The fourth-order valence-corrected chi connectivity index (χ4v) is 6.10. The molecule has 1 aromatic heterocycles. The lowest BCUT2D eigenvalue weighted by molar-refractivity contribution is 0.0523. The molecule has 216 valence electrons. The zero-order valence-electron chi connectivity index (χ0n) is 22.4. The number of halogens is 3. The van der Waals surface area contributed by atoms with Crippen LogP contribution in [0.2, 0.25) is 10.0 Å². The number of nitrogen functional groups attached to an aromatic ring is 1. The van der Waals surface area contributed by atoms with Gasteiger partial charge < -0.3 is 20.3 Å². The van der Waals surface area contributed by atoms with E-state index in [0.717, 1.165) is 32.2 Å². The van der Waals surface area contributed by atoms with E-state index in [2.05, 4.69) is 15.5 Å². The molecule has 2 saturated heterocycles. The Hall–Kier alpha value is -3.63. The average molecular weight is 602 g/mol. The van der Waals surface area contributed by atoms with E-state index in [1.54, 1.807) is 4.90 Å². The summed E-state index contributed by atoms with van der Waals surface area (Å²) >= 11 is 12.2. The van der Waals surface area contributed by atoms with E-state index in [1.165, 1.54) is 18.2 Å². The van der Waals surface area contributed by atoms with E-state index in [0.29, 0.717) is 29.2 Å². The molecule has 0 bridgehead atoms. The van der Waals surface area contributed by atoms with Gasteiger partial charge in [0.25, 0.3) is 5.91 Å². The fraction of sp³-hybridized carbons (Fsp3) is 0.379. The maximum absolute atomic E-state index is 13.8. The van der Waals surface area contributed by atoms with Crippen LogP contribution in [0.15, 0.2) is 48.5 Å². The van der Waals surface area contributed by atoms with E-state index in [-0.39, 0.29) is 59.3 Å². The Morgan fingerprint density at radius 3 is 2.68 bits per heavy atom. The van der Waals surface area contributed by atoms with E-state index in [9.17, 15) is 14.0 Å². The Kier molecular flexibility index (Phi) is 9.09. The highest BCUT2D eigenvalue weighted by atomic mass is 35.5. The number of hydrogen-bond donors (Lipinski definition) is 2. The number of hydrogen-bond acceptors (Lipinski definition) is 6. The summed E-state index contributed by atoms with van der Waals surface area (Å²) in [6.07, 6.45) is 4.01. The molecule has 2 unspecified atom stereocenters. The lowest BCUT2D eigenvalue weighted by Gasteiger charge is -2.39. The minimum absolute atomic E-state index is 0.0427. The number of carbonyl (C=O) groups excluding carboxylic acids is 2. The van der Waals surface area contributed by atoms with Crippen molar-refractivity contribution in [2.75, 3.05) is 37.3 Å². The van der Waals surface area contributed by atoms with Gasteiger partial charge in [0, 0.05) is 48.7 Å². The number of nitrogens with one attached hydrogen (secondary N) is 1. The minimum atomic E-state index is -0.565. The Balaban J connectivity index is 1.18. The molecular weight excluding hydrogens is 570 g/mol. The molecule has 3 N–H and O–H groups in total. The fourth-order valence-electron chi connectivity index (χ4n) is 5.54. The first-order chi connectivity index (χ1) is 19.8. The second kappa shape index (κ2) is 12.9. The zero-order chi connectivity index (χ0) is 28.9. The number of urea groups is 1. The van der Waals surface area contributed by atoms with Crippen LogP contribution in [0.3, 0.4) is 0 Å². The summed E-state index contributed by atoms with van der Waals surface area (Å²) < 4.78 is 19.5. The molecule has 2 aliphatic heterocycles. The van der Waals surface area contributed by atoms with Gasteiger partial charge in [0.05, 0.1) is 11.6 Å². The first-order valence-electron chi connectivity index (χ1n) is 13.6. The number of aromatic nitrogens is 2. The van der Waals surface area contributed by atoms with Crippen LogP contribution in [0.25, 0.3) is 0 Å². The first-order valence-corrected chi connectivity index (χ1v) is 14.4. The second-order valence-electron chi connectivity index (χ2n) is 10.3. The predicted octanol–water partition coefficient (Wildman–Crippen LogP) is 5.67. The van der Waals surface area contributed by atoms with Gasteiger partial charge in [-0.2, -0.15) is 0 Å². The smallest absolute Gasteiger partial charge is 0.323 e. The van der Waals surface area contributed by atoms with Crippen molar-refractivity contribution in [1.82, 2.24) is 20.0 Å². The molecule has 0 radical (unpaired) electrons. The number of nitrogens with zero attached hydrogens (tertiary/aromatic N) is 4. The van der Waals surface area contributed by atoms with Gasteiger partial charge in [-0.05, 0) is 61.4 Å². The Labute approximate surface area is 247 Å². The number of piperidine rings is 1. The highest BCUT2D eigenvalue weighted by molar-refractivity contribution is 6.36. The van der Waals surface area contributed by atoms with Gasteiger partial charge >= 0.3 is 6.03 Å². The standard InChI is InChI=1S/C29H31Cl2FN6O3/c30-21-9-10-22(32)26(31)20(21)12-15-41-24-16-25(35-36-27(24)33)34-29(40)37-14-11-19(17-37)23-8-4-5-13-38(23)28(39)18-6-2-1-3-7-18/h1-3,6-7,9-10,16,19,23H,4-5,8,11-15,17H2,(H2,33,36)(H,34,35,40). The van der Waals surface area contributed by atoms with Gasteiger partial charge in [-0.1, -0.05) is 41.4 Å². The molecule has 41 heavy (non-hydrogen) atoms. The van der Waals surface area contributed by atoms with Gasteiger partial charge in [0.2, 0.25) is 0 Å². The topological polar surface area (TPSA) is 114 Å². The van der Waals surface area contributed by atoms with E-state index < -0.39 is 5.82 Å². The van der Waals surface area contributed by atoms with Gasteiger partial charge in [-0.25, -0.2) is 9.18 Å². The molecule has 0 saturated carbocycles. The van der Waals surface area contributed by atoms with E-state index in [4.69, 9.17) is 33.7 Å². The van der Waals surface area contributed by atoms with Crippen LogP contribution in [0.1, 0.15) is 41.6 Å². The summed E-state index contributed by atoms with van der Waals surface area (Å²) in [5, 5.41) is 10.9. The van der Waals surface area contributed by atoms with Crippen molar-refractivity contribution >= 4 is 46.8 Å². The van der Waals surface area contributed by atoms with Crippen molar-refractivity contribution in [3.8, 4) is 5.75 Å². The molecule has 3 heterocycles. The molecule has 0 aliphatic carbocycles. The van der Waals surface area contributed by atoms with Crippen LogP contribution < -0.4 is 15.8 Å². The van der Waals surface area contributed by atoms with E-state index in [1.807, 2.05) is 35.2 Å². The summed E-state index contributed by atoms with van der Waals surface area (Å²) in [5.74, 6) is 0.111. The molecule has 2 atom stereocenters. The predicted molar refractivity (Wildman–Crippen MR) is 156 cm³/mol. The lowest BCUT2D eigenvalue weighted by atomic mass is 9.89. The van der Waals surface area contributed by atoms with Crippen molar-refractivity contribution in [3.63, 3.8) is 0 Å². The number of likely N-dealkylation sites (tertiary alicyclic amines) is 2. The number of amides is 3.